The van der Waals surface area contributed by atoms with E-state index in [4.69, 9.17) is 21.1 Å². The zero-order valence-corrected chi connectivity index (χ0v) is 26.5. The predicted octanol–water partition coefficient (Wildman–Crippen LogP) is 8.15. The van der Waals surface area contributed by atoms with E-state index in [-0.39, 0.29) is 17.9 Å². The first-order valence-corrected chi connectivity index (χ1v) is 14.8. The van der Waals surface area contributed by atoms with E-state index < -0.39 is 12.1 Å². The standard InChI is InChI=1S/C35H41ClN2O4/c1-20(2)26-10-9-11-27(17-26)23(6)37-34(39)28-13-15-31-29(18-28)22(5)24(7)38(31)19-25-12-14-30(36)32(16-25)42-33(21(3)4)35(40)41-8/h9-18,20-21,23,33H,19H2,1-8H3,(H,37,39)/t23-,33?/m0/s1. The Bertz CT molecular complexity index is 1600. The average molecular weight is 589 g/mol. The lowest BCUT2D eigenvalue weighted by Gasteiger charge is -2.21. The summed E-state index contributed by atoms with van der Waals surface area (Å²) in [4.78, 5) is 25.5. The van der Waals surface area contributed by atoms with Crippen molar-refractivity contribution >= 4 is 34.4 Å². The van der Waals surface area contributed by atoms with Gasteiger partial charge in [0.1, 0.15) is 5.75 Å². The number of benzene rings is 3. The highest BCUT2D eigenvalue weighted by Gasteiger charge is 2.26. The van der Waals surface area contributed by atoms with Crippen LogP contribution in [0.5, 0.6) is 5.75 Å². The molecule has 0 saturated carbocycles. The van der Waals surface area contributed by atoms with Gasteiger partial charge in [0.25, 0.3) is 5.91 Å². The maximum Gasteiger partial charge on any atom is 0.347 e. The van der Waals surface area contributed by atoms with Gasteiger partial charge in [-0.3, -0.25) is 4.79 Å². The van der Waals surface area contributed by atoms with Crippen molar-refractivity contribution in [2.24, 2.45) is 5.92 Å². The smallest absolute Gasteiger partial charge is 0.347 e. The third-order valence-corrected chi connectivity index (χ3v) is 8.27. The fourth-order valence-electron chi connectivity index (χ4n) is 5.17. The van der Waals surface area contributed by atoms with Crippen molar-refractivity contribution in [2.75, 3.05) is 7.11 Å². The fraction of sp³-hybridized carbons (Fsp3) is 0.371. The van der Waals surface area contributed by atoms with Crippen LogP contribution in [-0.4, -0.2) is 29.7 Å². The second-order valence-electron chi connectivity index (χ2n) is 11.6. The summed E-state index contributed by atoms with van der Waals surface area (Å²) in [5.41, 5.74) is 7.20. The minimum atomic E-state index is -0.759. The maximum atomic E-state index is 13.3. The van der Waals surface area contributed by atoms with E-state index >= 15 is 0 Å². The van der Waals surface area contributed by atoms with Gasteiger partial charge in [0, 0.05) is 34.6 Å². The van der Waals surface area contributed by atoms with Crippen molar-refractivity contribution in [3.8, 4) is 5.75 Å². The molecule has 0 aliphatic rings. The predicted molar refractivity (Wildman–Crippen MR) is 170 cm³/mol. The van der Waals surface area contributed by atoms with Gasteiger partial charge in [0.05, 0.1) is 18.2 Å². The molecule has 6 nitrogen and oxygen atoms in total. The summed E-state index contributed by atoms with van der Waals surface area (Å²) >= 11 is 6.45. The number of aryl methyl sites for hydroxylation is 1. The zero-order valence-electron chi connectivity index (χ0n) is 25.7. The minimum absolute atomic E-state index is 0.0879. The van der Waals surface area contributed by atoms with Gasteiger partial charge in [-0.05, 0) is 79.3 Å². The monoisotopic (exact) mass is 588 g/mol. The van der Waals surface area contributed by atoms with Crippen molar-refractivity contribution in [3.63, 3.8) is 0 Å². The van der Waals surface area contributed by atoms with Crippen molar-refractivity contribution < 1.29 is 19.1 Å². The number of methoxy groups -OCH3 is 1. The van der Waals surface area contributed by atoms with E-state index in [9.17, 15) is 9.59 Å². The molecule has 3 aromatic carbocycles. The molecule has 1 N–H and O–H groups in total. The summed E-state index contributed by atoms with van der Waals surface area (Å²) in [5, 5.41) is 4.63. The number of ether oxygens (including phenoxy) is 2. The van der Waals surface area contributed by atoms with Gasteiger partial charge in [-0.25, -0.2) is 4.79 Å². The molecule has 0 fully saturated rings. The van der Waals surface area contributed by atoms with Gasteiger partial charge in [0.15, 0.2) is 6.10 Å². The number of fused-ring (bicyclic) bond motifs is 1. The normalized spacial score (nSPS) is 12.9. The number of hydrogen-bond donors (Lipinski definition) is 1. The van der Waals surface area contributed by atoms with Crippen LogP contribution in [0.4, 0.5) is 0 Å². The second-order valence-corrected chi connectivity index (χ2v) is 12.0. The molecule has 7 heteroatoms. The van der Waals surface area contributed by atoms with Crippen LogP contribution < -0.4 is 10.1 Å². The van der Waals surface area contributed by atoms with Crippen LogP contribution in [0.1, 0.15) is 84.9 Å². The van der Waals surface area contributed by atoms with Gasteiger partial charge in [-0.15, -0.1) is 0 Å². The van der Waals surface area contributed by atoms with E-state index in [2.05, 4.69) is 55.8 Å². The summed E-state index contributed by atoms with van der Waals surface area (Å²) in [5.74, 6) is 0.238. The Balaban J connectivity index is 1.58. The minimum Gasteiger partial charge on any atom is -0.477 e. The van der Waals surface area contributed by atoms with Crippen LogP contribution >= 0.6 is 11.6 Å². The van der Waals surface area contributed by atoms with Gasteiger partial charge in [0.2, 0.25) is 0 Å². The number of rotatable bonds is 10. The molecule has 0 saturated heterocycles. The van der Waals surface area contributed by atoms with Gasteiger partial charge in [-0.2, -0.15) is 0 Å². The molecule has 4 rings (SSSR count). The number of hydrogen-bond acceptors (Lipinski definition) is 4. The van der Waals surface area contributed by atoms with E-state index in [1.165, 1.54) is 12.7 Å². The van der Waals surface area contributed by atoms with Gasteiger partial charge in [-0.1, -0.05) is 69.6 Å². The van der Waals surface area contributed by atoms with Gasteiger partial charge < -0.3 is 19.4 Å². The van der Waals surface area contributed by atoms with Crippen molar-refractivity contribution in [1.29, 1.82) is 0 Å². The Hall–Kier alpha value is -3.77. The summed E-state index contributed by atoms with van der Waals surface area (Å²) < 4.78 is 13.2. The number of aromatic nitrogens is 1. The Labute approximate surface area is 254 Å². The SMILES string of the molecule is COC(=O)C(Oc1cc(Cn2c(C)c(C)c3cc(C(=O)N[C@@H](C)c4cccc(C(C)C)c4)ccc32)ccc1Cl)C(C)C. The number of nitrogens with one attached hydrogen (secondary N) is 1. The third-order valence-electron chi connectivity index (χ3n) is 7.96. The molecule has 1 amide bonds. The Morgan fingerprint density at radius 1 is 0.929 bits per heavy atom. The number of carbonyl (C=O) groups excluding carboxylic acids is 2. The molecular formula is C35H41ClN2O4. The Kier molecular flexibility index (Phi) is 9.67. The highest BCUT2D eigenvalue weighted by molar-refractivity contribution is 6.32. The van der Waals surface area contributed by atoms with E-state index in [1.807, 2.05) is 57.2 Å². The van der Waals surface area contributed by atoms with Crippen LogP contribution in [0, 0.1) is 19.8 Å². The molecule has 0 radical (unpaired) electrons. The summed E-state index contributed by atoms with van der Waals surface area (Å²) in [6.45, 7) is 14.9. The highest BCUT2D eigenvalue weighted by atomic mass is 35.5. The number of halogens is 1. The maximum absolute atomic E-state index is 13.3. The summed E-state index contributed by atoms with van der Waals surface area (Å²) in [7, 11) is 1.35. The second kappa shape index (κ2) is 13.0. The lowest BCUT2D eigenvalue weighted by molar-refractivity contribution is -0.150. The number of nitrogens with zero attached hydrogens (tertiary/aromatic N) is 1. The van der Waals surface area contributed by atoms with E-state index in [0.717, 1.165) is 33.3 Å². The molecule has 0 bridgehead atoms. The number of carbonyl (C=O) groups is 2. The molecule has 222 valence electrons. The average Bonchev–Trinajstić information content (AvgIpc) is 3.20. The molecule has 0 aliphatic heterocycles. The first-order chi connectivity index (χ1) is 19.9. The Morgan fingerprint density at radius 3 is 2.31 bits per heavy atom. The number of esters is 1. The van der Waals surface area contributed by atoms with Crippen molar-refractivity contribution in [3.05, 3.63) is 99.2 Å². The van der Waals surface area contributed by atoms with Crippen molar-refractivity contribution in [1.82, 2.24) is 9.88 Å². The lowest BCUT2D eigenvalue weighted by atomic mass is 9.98. The Morgan fingerprint density at radius 2 is 1.64 bits per heavy atom. The molecule has 2 atom stereocenters. The van der Waals surface area contributed by atoms with Crippen LogP contribution in [0.25, 0.3) is 10.9 Å². The molecule has 1 heterocycles. The third kappa shape index (κ3) is 6.65. The molecule has 1 unspecified atom stereocenters. The largest absolute Gasteiger partial charge is 0.477 e. The molecule has 1 aromatic heterocycles. The molecular weight excluding hydrogens is 548 g/mol. The highest BCUT2D eigenvalue weighted by Crippen LogP contribution is 2.31. The van der Waals surface area contributed by atoms with Crippen molar-refractivity contribution in [2.45, 2.75) is 73.1 Å². The van der Waals surface area contributed by atoms with Crippen LogP contribution in [0.2, 0.25) is 5.02 Å². The zero-order chi connectivity index (χ0) is 30.7. The van der Waals surface area contributed by atoms with Gasteiger partial charge >= 0.3 is 5.97 Å². The van der Waals surface area contributed by atoms with Crippen LogP contribution in [0.3, 0.4) is 0 Å². The lowest BCUT2D eigenvalue weighted by Crippen LogP contribution is -2.33. The first kappa shape index (κ1) is 31.2. The van der Waals surface area contributed by atoms with Crippen LogP contribution in [-0.2, 0) is 16.1 Å². The van der Waals surface area contributed by atoms with E-state index in [1.54, 1.807) is 6.07 Å². The molecule has 0 spiro atoms. The summed E-state index contributed by atoms with van der Waals surface area (Å²) in [6.07, 6.45) is -0.759. The quantitative estimate of drug-likeness (QED) is 0.190. The number of amides is 1. The topological polar surface area (TPSA) is 69.6 Å². The fourth-order valence-corrected chi connectivity index (χ4v) is 5.34. The first-order valence-electron chi connectivity index (χ1n) is 14.4. The molecule has 4 aromatic rings. The van der Waals surface area contributed by atoms with E-state index in [0.29, 0.717) is 28.8 Å². The van der Waals surface area contributed by atoms with Crippen LogP contribution in [0.15, 0.2) is 60.7 Å². The summed E-state index contributed by atoms with van der Waals surface area (Å²) in [6, 6.07) is 19.7. The molecule has 0 aliphatic carbocycles. The molecule has 42 heavy (non-hydrogen) atoms.